The van der Waals surface area contributed by atoms with Crippen LogP contribution in [0.2, 0.25) is 10.0 Å². The van der Waals surface area contributed by atoms with Crippen LogP contribution in [0.4, 0.5) is 10.1 Å². The number of anilines is 1. The van der Waals surface area contributed by atoms with E-state index in [9.17, 15) is 17.6 Å². The lowest BCUT2D eigenvalue weighted by Crippen LogP contribution is -2.43. The molecule has 0 spiro atoms. The minimum Gasteiger partial charge on any atom is -0.323 e. The maximum absolute atomic E-state index is 13.7. The van der Waals surface area contributed by atoms with E-state index in [1.165, 1.54) is 40.7 Å². The van der Waals surface area contributed by atoms with Crippen molar-refractivity contribution in [3.63, 3.8) is 0 Å². The van der Waals surface area contributed by atoms with Crippen molar-refractivity contribution >= 4 is 44.8 Å². The standard InChI is InChI=1S/C18H17Cl2FN2O3S/c19-13-7-8-14(20)17(10-13)27(25,26)23-9-3-4-12(11-23)18(24)22-16-6-2-1-5-15(16)21/h1-2,5-8,10,12H,3-4,9,11H2,(H,22,24)/t12-/m1/s1. The summed E-state index contributed by atoms with van der Waals surface area (Å²) in [5, 5.41) is 2.85. The first-order valence-electron chi connectivity index (χ1n) is 8.29. The van der Waals surface area contributed by atoms with Crippen molar-refractivity contribution in [3.05, 3.63) is 58.3 Å². The van der Waals surface area contributed by atoms with Crippen LogP contribution in [0.15, 0.2) is 47.4 Å². The molecule has 0 aromatic heterocycles. The summed E-state index contributed by atoms with van der Waals surface area (Å²) in [7, 11) is -3.90. The van der Waals surface area contributed by atoms with Crippen molar-refractivity contribution in [2.24, 2.45) is 5.92 Å². The molecule has 0 bridgehead atoms. The number of piperidine rings is 1. The largest absolute Gasteiger partial charge is 0.323 e. The Morgan fingerprint density at radius 2 is 1.93 bits per heavy atom. The van der Waals surface area contributed by atoms with E-state index in [2.05, 4.69) is 5.32 Å². The van der Waals surface area contributed by atoms with Crippen molar-refractivity contribution < 1.29 is 17.6 Å². The number of carbonyl (C=O) groups is 1. The highest BCUT2D eigenvalue weighted by atomic mass is 35.5. The number of hydrogen-bond acceptors (Lipinski definition) is 3. The number of carbonyl (C=O) groups excluding carboxylic acids is 1. The van der Waals surface area contributed by atoms with Gasteiger partial charge in [-0.15, -0.1) is 0 Å². The monoisotopic (exact) mass is 430 g/mol. The number of benzene rings is 2. The van der Waals surface area contributed by atoms with E-state index in [0.717, 1.165) is 0 Å². The summed E-state index contributed by atoms with van der Waals surface area (Å²) in [6, 6.07) is 10.0. The number of halogens is 3. The first-order valence-corrected chi connectivity index (χ1v) is 10.5. The van der Waals surface area contributed by atoms with Crippen LogP contribution >= 0.6 is 23.2 Å². The molecular weight excluding hydrogens is 414 g/mol. The lowest BCUT2D eigenvalue weighted by atomic mass is 9.98. The Hall–Kier alpha value is -1.67. The second-order valence-corrected chi connectivity index (χ2v) is 9.00. The van der Waals surface area contributed by atoms with E-state index >= 15 is 0 Å². The van der Waals surface area contributed by atoms with Gasteiger partial charge in [0.25, 0.3) is 0 Å². The Bertz CT molecular complexity index is 969. The Morgan fingerprint density at radius 3 is 2.67 bits per heavy atom. The molecule has 0 aliphatic carbocycles. The van der Waals surface area contributed by atoms with Crippen LogP contribution in [-0.2, 0) is 14.8 Å². The molecule has 1 amide bonds. The second-order valence-electron chi connectivity index (χ2n) is 6.25. The van der Waals surface area contributed by atoms with Crippen LogP contribution in [-0.4, -0.2) is 31.7 Å². The maximum Gasteiger partial charge on any atom is 0.244 e. The molecular formula is C18H17Cl2FN2O3S. The molecule has 1 N–H and O–H groups in total. The normalized spacial score (nSPS) is 18.3. The van der Waals surface area contributed by atoms with Crippen LogP contribution < -0.4 is 5.32 Å². The Balaban J connectivity index is 1.78. The van der Waals surface area contributed by atoms with Gasteiger partial charge in [-0.3, -0.25) is 4.79 Å². The quantitative estimate of drug-likeness (QED) is 0.790. The van der Waals surface area contributed by atoms with Crippen LogP contribution in [0.3, 0.4) is 0 Å². The van der Waals surface area contributed by atoms with Gasteiger partial charge in [0.05, 0.1) is 16.6 Å². The maximum atomic E-state index is 13.7. The van der Waals surface area contributed by atoms with Crippen LogP contribution in [0.5, 0.6) is 0 Å². The Labute approximate surface area is 167 Å². The fourth-order valence-electron chi connectivity index (χ4n) is 2.99. The molecule has 1 fully saturated rings. The average molecular weight is 431 g/mol. The third kappa shape index (κ3) is 4.43. The van der Waals surface area contributed by atoms with E-state index in [1.54, 1.807) is 6.07 Å². The minimum atomic E-state index is -3.90. The molecule has 144 valence electrons. The van der Waals surface area contributed by atoms with Gasteiger partial charge >= 0.3 is 0 Å². The summed E-state index contributed by atoms with van der Waals surface area (Å²) in [4.78, 5) is 12.4. The summed E-state index contributed by atoms with van der Waals surface area (Å²) >= 11 is 11.9. The third-order valence-electron chi connectivity index (χ3n) is 4.40. The molecule has 9 heteroatoms. The van der Waals surface area contributed by atoms with E-state index in [1.807, 2.05) is 0 Å². The third-order valence-corrected chi connectivity index (χ3v) is 6.98. The molecule has 1 aliphatic heterocycles. The van der Waals surface area contributed by atoms with Gasteiger partial charge < -0.3 is 5.32 Å². The van der Waals surface area contributed by atoms with Gasteiger partial charge in [0.15, 0.2) is 0 Å². The van der Waals surface area contributed by atoms with E-state index in [-0.39, 0.29) is 33.7 Å². The number of rotatable bonds is 4. The summed E-state index contributed by atoms with van der Waals surface area (Å²) in [6.07, 6.45) is 1.02. The predicted molar refractivity (Wildman–Crippen MR) is 103 cm³/mol. The number of amides is 1. The summed E-state index contributed by atoms with van der Waals surface area (Å²) in [6.45, 7) is 0.264. The minimum absolute atomic E-state index is 0.00847. The average Bonchev–Trinajstić information content (AvgIpc) is 2.65. The van der Waals surface area contributed by atoms with Crippen LogP contribution in [0.25, 0.3) is 0 Å². The van der Waals surface area contributed by atoms with E-state index in [0.29, 0.717) is 12.8 Å². The van der Waals surface area contributed by atoms with Crippen molar-refractivity contribution in [1.29, 1.82) is 0 Å². The van der Waals surface area contributed by atoms with Crippen LogP contribution in [0, 0.1) is 11.7 Å². The van der Waals surface area contributed by atoms with Gasteiger partial charge in [-0.1, -0.05) is 35.3 Å². The lowest BCUT2D eigenvalue weighted by Gasteiger charge is -2.31. The number of nitrogens with zero attached hydrogens (tertiary/aromatic N) is 1. The number of para-hydroxylation sites is 1. The summed E-state index contributed by atoms with van der Waals surface area (Å²) in [5.41, 5.74) is 0.0698. The van der Waals surface area contributed by atoms with Gasteiger partial charge in [-0.2, -0.15) is 4.31 Å². The fraction of sp³-hybridized carbons (Fsp3) is 0.278. The van der Waals surface area contributed by atoms with Gasteiger partial charge in [-0.05, 0) is 43.2 Å². The molecule has 0 saturated carbocycles. The zero-order valence-electron chi connectivity index (χ0n) is 14.2. The lowest BCUT2D eigenvalue weighted by molar-refractivity contribution is -0.120. The van der Waals surface area contributed by atoms with Crippen molar-refractivity contribution in [2.75, 3.05) is 18.4 Å². The molecule has 27 heavy (non-hydrogen) atoms. The SMILES string of the molecule is O=C(Nc1ccccc1F)[C@@H]1CCCN(S(=O)(=O)c2cc(Cl)ccc2Cl)C1. The molecule has 3 rings (SSSR count). The molecule has 0 unspecified atom stereocenters. The summed E-state index contributed by atoms with van der Waals surface area (Å²) < 4.78 is 40.8. The highest BCUT2D eigenvalue weighted by molar-refractivity contribution is 7.89. The molecule has 2 aromatic rings. The fourth-order valence-corrected chi connectivity index (χ4v) is 5.25. The zero-order valence-corrected chi connectivity index (χ0v) is 16.5. The highest BCUT2D eigenvalue weighted by Crippen LogP contribution is 2.30. The van der Waals surface area contributed by atoms with Crippen molar-refractivity contribution in [3.8, 4) is 0 Å². The smallest absolute Gasteiger partial charge is 0.244 e. The van der Waals surface area contributed by atoms with E-state index < -0.39 is 27.7 Å². The summed E-state index contributed by atoms with van der Waals surface area (Å²) in [5.74, 6) is -1.56. The first-order chi connectivity index (χ1) is 12.8. The molecule has 5 nitrogen and oxygen atoms in total. The van der Waals surface area contributed by atoms with Gasteiger partial charge in [0.1, 0.15) is 10.7 Å². The second kappa shape index (κ2) is 8.14. The van der Waals surface area contributed by atoms with Crippen molar-refractivity contribution in [2.45, 2.75) is 17.7 Å². The Kier molecular flexibility index (Phi) is 6.05. The van der Waals surface area contributed by atoms with E-state index in [4.69, 9.17) is 23.2 Å². The molecule has 0 radical (unpaired) electrons. The molecule has 1 heterocycles. The molecule has 1 atom stereocenters. The molecule has 2 aromatic carbocycles. The molecule has 1 saturated heterocycles. The Morgan fingerprint density at radius 1 is 1.19 bits per heavy atom. The van der Waals surface area contributed by atoms with Crippen LogP contribution in [0.1, 0.15) is 12.8 Å². The number of sulfonamides is 1. The van der Waals surface area contributed by atoms with Gasteiger partial charge in [0, 0.05) is 18.1 Å². The topological polar surface area (TPSA) is 66.5 Å². The first kappa shape index (κ1) is 20.1. The zero-order chi connectivity index (χ0) is 19.6. The number of nitrogens with one attached hydrogen (secondary N) is 1. The van der Waals surface area contributed by atoms with Gasteiger partial charge in [-0.25, -0.2) is 12.8 Å². The predicted octanol–water partition coefficient (Wildman–Crippen LogP) is 4.17. The molecule has 1 aliphatic rings. The van der Waals surface area contributed by atoms with Crippen molar-refractivity contribution in [1.82, 2.24) is 4.31 Å². The number of hydrogen-bond donors (Lipinski definition) is 1. The highest BCUT2D eigenvalue weighted by Gasteiger charge is 2.34. The van der Waals surface area contributed by atoms with Gasteiger partial charge in [0.2, 0.25) is 15.9 Å².